The van der Waals surface area contributed by atoms with Crippen LogP contribution in [0.5, 0.6) is 5.75 Å². The number of carbonyl (C=O) groups is 3. The van der Waals surface area contributed by atoms with Gasteiger partial charge in [-0.3, -0.25) is 14.4 Å². The number of nitrogens with zero attached hydrogens (tertiary/aromatic N) is 1. The average Bonchev–Trinajstić information content (AvgIpc) is 3.47. The van der Waals surface area contributed by atoms with Gasteiger partial charge in [0.1, 0.15) is 11.5 Å². The van der Waals surface area contributed by atoms with Gasteiger partial charge < -0.3 is 24.7 Å². The summed E-state index contributed by atoms with van der Waals surface area (Å²) in [5, 5.41) is 5.55. The SMILES string of the molecule is O=C(COc1ccc(N2C[C@@H](C(=O)NCc3ccco3)CC2=O)cc1)Nc1ccccc1. The normalized spacial score (nSPS) is 15.4. The molecule has 8 heteroatoms. The van der Waals surface area contributed by atoms with Crippen LogP contribution in [0.25, 0.3) is 0 Å². The molecule has 2 heterocycles. The van der Waals surface area contributed by atoms with Gasteiger partial charge in [-0.15, -0.1) is 0 Å². The molecule has 0 radical (unpaired) electrons. The van der Waals surface area contributed by atoms with Crippen LogP contribution in [0.3, 0.4) is 0 Å². The highest BCUT2D eigenvalue weighted by Gasteiger charge is 2.35. The number of furan rings is 1. The molecule has 8 nitrogen and oxygen atoms in total. The number of hydrogen-bond acceptors (Lipinski definition) is 5. The number of anilines is 2. The Labute approximate surface area is 185 Å². The van der Waals surface area contributed by atoms with E-state index in [-0.39, 0.29) is 30.7 Å². The summed E-state index contributed by atoms with van der Waals surface area (Å²) in [7, 11) is 0. The van der Waals surface area contributed by atoms with Crippen molar-refractivity contribution in [1.29, 1.82) is 0 Å². The van der Waals surface area contributed by atoms with Crippen molar-refractivity contribution in [1.82, 2.24) is 5.32 Å². The van der Waals surface area contributed by atoms with Crippen LogP contribution in [0, 0.1) is 5.92 Å². The number of hydrogen-bond donors (Lipinski definition) is 2. The molecule has 32 heavy (non-hydrogen) atoms. The molecule has 3 amide bonds. The number of ether oxygens (including phenoxy) is 1. The van der Waals surface area contributed by atoms with Gasteiger partial charge in [0.15, 0.2) is 6.61 Å². The van der Waals surface area contributed by atoms with Gasteiger partial charge in [-0.25, -0.2) is 0 Å². The van der Waals surface area contributed by atoms with Crippen LogP contribution >= 0.6 is 0 Å². The third kappa shape index (κ3) is 5.34. The van der Waals surface area contributed by atoms with E-state index in [9.17, 15) is 14.4 Å². The summed E-state index contributed by atoms with van der Waals surface area (Å²) in [6.45, 7) is 0.470. The summed E-state index contributed by atoms with van der Waals surface area (Å²) in [6.07, 6.45) is 1.70. The van der Waals surface area contributed by atoms with Gasteiger partial charge >= 0.3 is 0 Å². The molecular formula is C24H23N3O5. The first kappa shape index (κ1) is 21.2. The van der Waals surface area contributed by atoms with Crippen LogP contribution in [-0.2, 0) is 20.9 Å². The summed E-state index contributed by atoms with van der Waals surface area (Å²) >= 11 is 0. The molecule has 1 aliphatic heterocycles. The molecule has 2 aromatic carbocycles. The standard InChI is InChI=1S/C24H23N3O5/c28-22(26-18-5-2-1-3-6-18)16-32-20-10-8-19(9-11-20)27-15-17(13-23(27)29)24(30)25-14-21-7-4-12-31-21/h1-12,17H,13-16H2,(H,25,30)(H,26,28)/t17-/m0/s1. The zero-order chi connectivity index (χ0) is 22.3. The van der Waals surface area contributed by atoms with Crippen molar-refractivity contribution in [2.24, 2.45) is 5.92 Å². The van der Waals surface area contributed by atoms with Crippen LogP contribution in [-0.4, -0.2) is 30.9 Å². The van der Waals surface area contributed by atoms with Crippen LogP contribution in [0.15, 0.2) is 77.4 Å². The van der Waals surface area contributed by atoms with Crippen molar-refractivity contribution < 1.29 is 23.5 Å². The van der Waals surface area contributed by atoms with E-state index in [1.54, 1.807) is 59.7 Å². The fourth-order valence-electron chi connectivity index (χ4n) is 3.45. The highest BCUT2D eigenvalue weighted by atomic mass is 16.5. The van der Waals surface area contributed by atoms with Crippen LogP contribution < -0.4 is 20.3 Å². The topological polar surface area (TPSA) is 101 Å². The lowest BCUT2D eigenvalue weighted by atomic mass is 10.1. The van der Waals surface area contributed by atoms with E-state index >= 15 is 0 Å². The molecule has 0 spiro atoms. The summed E-state index contributed by atoms with van der Waals surface area (Å²) in [5.41, 5.74) is 1.38. The minimum Gasteiger partial charge on any atom is -0.484 e. The van der Waals surface area contributed by atoms with Crippen molar-refractivity contribution >= 4 is 29.1 Å². The maximum Gasteiger partial charge on any atom is 0.262 e. The predicted octanol–water partition coefficient (Wildman–Crippen LogP) is 2.97. The van der Waals surface area contributed by atoms with Crippen molar-refractivity contribution in [2.45, 2.75) is 13.0 Å². The Kier molecular flexibility index (Phi) is 6.50. The molecule has 0 aliphatic carbocycles. The molecule has 1 saturated heterocycles. The Balaban J connectivity index is 1.27. The minimum absolute atomic E-state index is 0.112. The number of nitrogens with one attached hydrogen (secondary N) is 2. The van der Waals surface area contributed by atoms with Gasteiger partial charge in [-0.05, 0) is 48.5 Å². The molecular weight excluding hydrogens is 410 g/mol. The van der Waals surface area contributed by atoms with E-state index in [0.29, 0.717) is 36.0 Å². The molecule has 1 fully saturated rings. The number of amides is 3. The molecule has 1 aliphatic rings. The zero-order valence-corrected chi connectivity index (χ0v) is 17.3. The first-order chi connectivity index (χ1) is 15.6. The fraction of sp³-hybridized carbons (Fsp3) is 0.208. The Bertz CT molecular complexity index is 1060. The van der Waals surface area contributed by atoms with E-state index in [4.69, 9.17) is 9.15 Å². The largest absolute Gasteiger partial charge is 0.484 e. The Hall–Kier alpha value is -4.07. The smallest absolute Gasteiger partial charge is 0.262 e. The Morgan fingerprint density at radius 3 is 2.53 bits per heavy atom. The molecule has 2 N–H and O–H groups in total. The lowest BCUT2D eigenvalue weighted by Crippen LogP contribution is -2.32. The van der Waals surface area contributed by atoms with Gasteiger partial charge in [0.25, 0.3) is 5.91 Å². The fourth-order valence-corrected chi connectivity index (χ4v) is 3.45. The minimum atomic E-state index is -0.421. The van der Waals surface area contributed by atoms with Gasteiger partial charge in [-0.1, -0.05) is 18.2 Å². The van der Waals surface area contributed by atoms with E-state index in [2.05, 4.69) is 10.6 Å². The van der Waals surface area contributed by atoms with Crippen LogP contribution in [0.2, 0.25) is 0 Å². The van der Waals surface area contributed by atoms with Crippen molar-refractivity contribution in [2.75, 3.05) is 23.4 Å². The van der Waals surface area contributed by atoms with E-state index in [1.807, 2.05) is 18.2 Å². The third-order valence-electron chi connectivity index (χ3n) is 5.09. The summed E-state index contributed by atoms with van der Waals surface area (Å²) in [6, 6.07) is 19.5. The molecule has 0 bridgehead atoms. The quantitative estimate of drug-likeness (QED) is 0.569. The monoisotopic (exact) mass is 433 g/mol. The number of benzene rings is 2. The molecule has 0 unspecified atom stereocenters. The maximum atomic E-state index is 12.4. The second kappa shape index (κ2) is 9.82. The van der Waals surface area contributed by atoms with Crippen molar-refractivity contribution in [3.05, 3.63) is 78.8 Å². The first-order valence-electron chi connectivity index (χ1n) is 10.3. The summed E-state index contributed by atoms with van der Waals surface area (Å²) in [5.74, 6) is 0.193. The van der Waals surface area contributed by atoms with E-state index in [0.717, 1.165) is 0 Å². The first-order valence-corrected chi connectivity index (χ1v) is 10.3. The van der Waals surface area contributed by atoms with Crippen molar-refractivity contribution in [3.63, 3.8) is 0 Å². The molecule has 1 atom stereocenters. The lowest BCUT2D eigenvalue weighted by Gasteiger charge is -2.17. The molecule has 1 aromatic heterocycles. The van der Waals surface area contributed by atoms with Gasteiger partial charge in [0, 0.05) is 24.3 Å². The molecule has 3 aromatic rings. The van der Waals surface area contributed by atoms with Gasteiger partial charge in [0.05, 0.1) is 18.7 Å². The van der Waals surface area contributed by atoms with E-state index < -0.39 is 5.92 Å². The zero-order valence-electron chi connectivity index (χ0n) is 17.3. The number of para-hydroxylation sites is 1. The number of carbonyl (C=O) groups excluding carboxylic acids is 3. The molecule has 0 saturated carbocycles. The van der Waals surface area contributed by atoms with Crippen LogP contribution in [0.4, 0.5) is 11.4 Å². The van der Waals surface area contributed by atoms with Gasteiger partial charge in [0.2, 0.25) is 11.8 Å². The maximum absolute atomic E-state index is 12.4. The molecule has 4 rings (SSSR count). The lowest BCUT2D eigenvalue weighted by molar-refractivity contribution is -0.126. The molecule has 164 valence electrons. The predicted molar refractivity (Wildman–Crippen MR) is 118 cm³/mol. The average molecular weight is 433 g/mol. The van der Waals surface area contributed by atoms with E-state index in [1.165, 1.54) is 0 Å². The third-order valence-corrected chi connectivity index (χ3v) is 5.09. The second-order valence-corrected chi connectivity index (χ2v) is 7.40. The second-order valence-electron chi connectivity index (χ2n) is 7.40. The summed E-state index contributed by atoms with van der Waals surface area (Å²) in [4.78, 5) is 38.4. The highest BCUT2D eigenvalue weighted by molar-refractivity contribution is 6.00. The number of rotatable bonds is 8. The van der Waals surface area contributed by atoms with Crippen molar-refractivity contribution in [3.8, 4) is 5.75 Å². The highest BCUT2D eigenvalue weighted by Crippen LogP contribution is 2.27. The summed E-state index contributed by atoms with van der Waals surface area (Å²) < 4.78 is 10.7. The Morgan fingerprint density at radius 2 is 1.81 bits per heavy atom. The van der Waals surface area contributed by atoms with Gasteiger partial charge in [-0.2, -0.15) is 0 Å². The van der Waals surface area contributed by atoms with Crippen LogP contribution in [0.1, 0.15) is 12.2 Å². The Morgan fingerprint density at radius 1 is 1.03 bits per heavy atom.